The first-order valence-corrected chi connectivity index (χ1v) is 28.0. The van der Waals surface area contributed by atoms with Crippen LogP contribution in [0.25, 0.3) is 0 Å². The van der Waals surface area contributed by atoms with Crippen molar-refractivity contribution in [2.45, 2.75) is 177 Å². The molecule has 0 aromatic rings. The van der Waals surface area contributed by atoms with Crippen LogP contribution >= 0.6 is 12.6 Å². The third kappa shape index (κ3) is 21.2. The van der Waals surface area contributed by atoms with Crippen molar-refractivity contribution < 1.29 is 63.3 Å². The molecule has 12 atom stereocenters. The molecule has 3 rings (SSSR count). The molecule has 452 valence electrons. The van der Waals surface area contributed by atoms with Crippen LogP contribution in [0.1, 0.15) is 111 Å². The molecule has 0 radical (unpaired) electrons. The summed E-state index contributed by atoms with van der Waals surface area (Å²) in [5.41, 5.74) is 27.3. The number of carboxylic acid groups (broad SMARTS) is 1. The lowest BCUT2D eigenvalue weighted by atomic mass is 9.96. The third-order valence-corrected chi connectivity index (χ3v) is 14.6. The topological polar surface area (TPSA) is 489 Å². The summed E-state index contributed by atoms with van der Waals surface area (Å²) in [6.45, 7) is 5.04. The second kappa shape index (κ2) is 34.5. The highest BCUT2D eigenvalue weighted by Gasteiger charge is 2.45. The van der Waals surface area contributed by atoms with Gasteiger partial charge in [-0.25, -0.2) is 4.79 Å². The molecule has 0 aromatic heterocycles. The van der Waals surface area contributed by atoms with Gasteiger partial charge in [-0.3, -0.25) is 53.1 Å². The number of nitrogens with two attached hydrogens (primary N) is 5. The molecule has 0 aliphatic carbocycles. The van der Waals surface area contributed by atoms with Crippen molar-refractivity contribution in [1.29, 1.82) is 0 Å². The Bertz CT molecular complexity index is 2180. The standard InChI is InChI=1S/C49H87N17O13S/c1-4-26(2)36(46(77)66-23-11-17-35(66)45(76)65-22-10-16-34(65)43(74)60-31(47(78)79)15-9-21-57-49(53)54)63-41(72)32(24-67)61-39(70)30(14-8-20-56-48(51)52)59-44(75)37(27(3)68)64-42(73)33(25-80)62-40(71)29(12-5-6-18-50)58-38(69)28-13-7-19-55-28/h26-37,55,67-68,80H,4-25,50H2,1-3H3,(H,58,69)(H,59,75)(H,60,74)(H,61,70)(H,62,71)(H,63,72)(H,64,73)(H,78,79)(H4,51,52,56)(H4,53,54,57)/t26-,27+,28-,29-,30-,31-,32-,33-,34-,35-,36-,37-/m0/s1. The number of aliphatic hydroxyl groups excluding tert-OH is 2. The lowest BCUT2D eigenvalue weighted by molar-refractivity contribution is -0.149. The largest absolute Gasteiger partial charge is 0.480 e. The average molecular weight is 1150 g/mol. The van der Waals surface area contributed by atoms with E-state index in [-0.39, 0.29) is 94.7 Å². The highest BCUT2D eigenvalue weighted by molar-refractivity contribution is 7.80. The Labute approximate surface area is 471 Å². The molecule has 80 heavy (non-hydrogen) atoms. The summed E-state index contributed by atoms with van der Waals surface area (Å²) >= 11 is 4.23. The van der Waals surface area contributed by atoms with Crippen LogP contribution in [0.2, 0.25) is 0 Å². The van der Waals surface area contributed by atoms with E-state index in [1.54, 1.807) is 13.8 Å². The van der Waals surface area contributed by atoms with E-state index in [4.69, 9.17) is 28.7 Å². The molecule has 9 amide bonds. The van der Waals surface area contributed by atoms with E-state index < -0.39 is 132 Å². The normalized spacial score (nSPS) is 20.2. The Kier molecular flexibility index (Phi) is 29.2. The number of carboxylic acids is 1. The summed E-state index contributed by atoms with van der Waals surface area (Å²) in [5.74, 6) is -9.49. The molecule has 21 N–H and O–H groups in total. The van der Waals surface area contributed by atoms with E-state index in [0.717, 1.165) is 6.42 Å². The minimum Gasteiger partial charge on any atom is -0.480 e. The highest BCUT2D eigenvalue weighted by Crippen LogP contribution is 2.27. The number of aliphatic hydroxyl groups is 2. The van der Waals surface area contributed by atoms with Crippen molar-refractivity contribution >= 4 is 83.7 Å². The lowest BCUT2D eigenvalue weighted by Crippen LogP contribution is -2.62. The number of thiol groups is 1. The minimum absolute atomic E-state index is 0.0138. The van der Waals surface area contributed by atoms with Gasteiger partial charge in [-0.2, -0.15) is 12.6 Å². The van der Waals surface area contributed by atoms with Gasteiger partial charge in [0.15, 0.2) is 11.9 Å². The number of nitrogens with zero attached hydrogens (tertiary/aromatic N) is 4. The van der Waals surface area contributed by atoms with Crippen molar-refractivity contribution in [2.75, 3.05) is 51.6 Å². The molecule has 0 aromatic carbocycles. The van der Waals surface area contributed by atoms with Gasteiger partial charge in [0.25, 0.3) is 0 Å². The van der Waals surface area contributed by atoms with Gasteiger partial charge in [-0.05, 0) is 109 Å². The van der Waals surface area contributed by atoms with Gasteiger partial charge in [0.05, 0.1) is 18.8 Å². The molecule has 3 aliphatic rings. The van der Waals surface area contributed by atoms with Crippen LogP contribution in [0.15, 0.2) is 9.98 Å². The summed E-state index contributed by atoms with van der Waals surface area (Å²) in [4.78, 5) is 147. The molecule has 0 bridgehead atoms. The number of carbonyl (C=O) groups excluding carboxylic acids is 9. The number of rotatable bonds is 34. The first kappa shape index (κ1) is 67.7. The Morgan fingerprint density at radius 3 is 1.68 bits per heavy atom. The molecular formula is C49H87N17O13S. The number of guanidine groups is 2. The number of unbranched alkanes of at least 4 members (excludes halogenated alkanes) is 1. The van der Waals surface area contributed by atoms with E-state index in [1.165, 1.54) is 16.7 Å². The van der Waals surface area contributed by atoms with Crippen molar-refractivity contribution in [3.8, 4) is 0 Å². The van der Waals surface area contributed by atoms with Gasteiger partial charge in [0.1, 0.15) is 54.4 Å². The molecular weight excluding hydrogens is 1070 g/mol. The number of hydrogen-bond donors (Lipinski definition) is 17. The van der Waals surface area contributed by atoms with E-state index in [2.05, 4.69) is 65.1 Å². The van der Waals surface area contributed by atoms with Crippen molar-refractivity contribution in [3.63, 3.8) is 0 Å². The third-order valence-electron chi connectivity index (χ3n) is 14.2. The second-order valence-electron chi connectivity index (χ2n) is 20.3. The second-order valence-corrected chi connectivity index (χ2v) is 20.7. The molecule has 0 saturated carbocycles. The van der Waals surface area contributed by atoms with Gasteiger partial charge in [-0.1, -0.05) is 20.3 Å². The van der Waals surface area contributed by atoms with Gasteiger partial charge in [0.2, 0.25) is 53.2 Å². The van der Waals surface area contributed by atoms with Gasteiger partial charge >= 0.3 is 5.97 Å². The summed E-state index contributed by atoms with van der Waals surface area (Å²) in [7, 11) is 0. The Balaban J connectivity index is 1.77. The quantitative estimate of drug-likeness (QED) is 0.0123. The van der Waals surface area contributed by atoms with E-state index >= 15 is 0 Å². The van der Waals surface area contributed by atoms with Crippen LogP contribution in [0.3, 0.4) is 0 Å². The summed E-state index contributed by atoms with van der Waals surface area (Å²) < 4.78 is 0. The lowest BCUT2D eigenvalue weighted by Gasteiger charge is -2.35. The highest BCUT2D eigenvalue weighted by atomic mass is 32.1. The van der Waals surface area contributed by atoms with Crippen LogP contribution in [0.4, 0.5) is 0 Å². The van der Waals surface area contributed by atoms with Gasteiger partial charge < -0.3 is 96.3 Å². The monoisotopic (exact) mass is 1150 g/mol. The maximum Gasteiger partial charge on any atom is 0.326 e. The van der Waals surface area contributed by atoms with E-state index in [1.807, 2.05) is 0 Å². The molecule has 0 spiro atoms. The number of likely N-dealkylation sites (tertiary alicyclic amines) is 2. The van der Waals surface area contributed by atoms with Crippen molar-refractivity contribution in [1.82, 2.24) is 52.3 Å². The maximum absolute atomic E-state index is 14.5. The van der Waals surface area contributed by atoms with Crippen molar-refractivity contribution in [2.24, 2.45) is 44.6 Å². The number of aliphatic carboxylic acids is 1. The van der Waals surface area contributed by atoms with Gasteiger partial charge in [-0.15, -0.1) is 0 Å². The minimum atomic E-state index is -1.74. The van der Waals surface area contributed by atoms with E-state index in [9.17, 15) is 63.3 Å². The number of amides is 9. The van der Waals surface area contributed by atoms with Gasteiger partial charge in [0, 0.05) is 31.9 Å². The zero-order valence-corrected chi connectivity index (χ0v) is 46.9. The first-order valence-electron chi connectivity index (χ1n) is 27.4. The number of hydrogen-bond acceptors (Lipinski definition) is 17. The summed E-state index contributed by atoms with van der Waals surface area (Å²) in [6.07, 6.45) is 2.83. The summed E-state index contributed by atoms with van der Waals surface area (Å²) in [5, 5.41) is 51.9. The molecule has 3 heterocycles. The van der Waals surface area contributed by atoms with Crippen LogP contribution in [0, 0.1) is 5.92 Å². The SMILES string of the molecule is CC[C@H](C)[C@H](NC(=O)[C@H](CO)NC(=O)[C@H](CCCN=C(N)N)NC(=O)[C@@H](NC(=O)[C@H](CS)NC(=O)[C@H](CCCCN)NC(=O)[C@@H]1CCCN1)[C@@H](C)O)C(=O)N1CCC[C@H]1C(=O)N1CCC[C@H]1C(=O)N[C@@H](CCCN=C(N)N)C(=O)O. The smallest absolute Gasteiger partial charge is 0.326 e. The van der Waals surface area contributed by atoms with Crippen LogP contribution in [-0.4, -0.2) is 214 Å². The van der Waals surface area contributed by atoms with Crippen LogP contribution in [0.5, 0.6) is 0 Å². The number of nitrogens with one attached hydrogen (secondary N) is 8. The Hall–Kier alpha value is -6.57. The summed E-state index contributed by atoms with van der Waals surface area (Å²) in [6, 6.07) is -12.5. The molecule has 31 heteroatoms. The fourth-order valence-corrected chi connectivity index (χ4v) is 9.75. The Morgan fingerprint density at radius 1 is 0.625 bits per heavy atom. The zero-order chi connectivity index (χ0) is 59.6. The predicted molar refractivity (Wildman–Crippen MR) is 296 cm³/mol. The molecule has 0 unspecified atom stereocenters. The first-order chi connectivity index (χ1) is 38.0. The zero-order valence-electron chi connectivity index (χ0n) is 46.0. The molecule has 3 fully saturated rings. The average Bonchev–Trinajstić information content (AvgIpc) is 4.25. The molecule has 30 nitrogen and oxygen atoms in total. The van der Waals surface area contributed by atoms with Crippen LogP contribution < -0.4 is 71.2 Å². The Morgan fingerprint density at radius 2 is 1.14 bits per heavy atom. The van der Waals surface area contributed by atoms with Crippen LogP contribution in [-0.2, 0) is 47.9 Å². The van der Waals surface area contributed by atoms with E-state index in [0.29, 0.717) is 51.6 Å². The fourth-order valence-electron chi connectivity index (χ4n) is 9.49. The fraction of sp³-hybridized carbons (Fsp3) is 0.755. The number of aliphatic imine (C=N–C) groups is 2. The van der Waals surface area contributed by atoms with Crippen molar-refractivity contribution in [3.05, 3.63) is 0 Å². The molecule has 3 aliphatic heterocycles. The number of carbonyl (C=O) groups is 10. The maximum atomic E-state index is 14.5. The predicted octanol–water partition coefficient (Wildman–Crippen LogP) is -6.22. The molecule has 3 saturated heterocycles.